The van der Waals surface area contributed by atoms with Crippen LogP contribution >= 0.6 is 0 Å². The average Bonchev–Trinajstić information content (AvgIpc) is 3.67. The molecule has 0 fully saturated rings. The van der Waals surface area contributed by atoms with Crippen LogP contribution in [0.1, 0.15) is 68.6 Å². The summed E-state index contributed by atoms with van der Waals surface area (Å²) in [5, 5.41) is 95.4. The fraction of sp³-hybridized carbons (Fsp3) is 0.0952. The second kappa shape index (κ2) is 12.6. The van der Waals surface area contributed by atoms with E-state index in [2.05, 4.69) is 0 Å². The highest BCUT2D eigenvalue weighted by molar-refractivity contribution is 5.76. The minimum absolute atomic E-state index is 0.0916. The molecule has 8 rings (SSSR count). The highest BCUT2D eigenvalue weighted by Crippen LogP contribution is 2.61. The number of fused-ring (bicyclic) bond motifs is 2. The smallest absolute Gasteiger partial charge is 0.138 e. The van der Waals surface area contributed by atoms with Gasteiger partial charge in [-0.3, -0.25) is 0 Å². The lowest BCUT2D eigenvalue weighted by Crippen LogP contribution is -2.13. The second-order valence-corrected chi connectivity index (χ2v) is 13.1. The molecule has 0 unspecified atom stereocenters. The third kappa shape index (κ3) is 5.93. The van der Waals surface area contributed by atoms with Gasteiger partial charge in [-0.05, 0) is 89.0 Å². The second-order valence-electron chi connectivity index (χ2n) is 13.1. The number of ether oxygens (including phenoxy) is 2. The van der Waals surface area contributed by atoms with Crippen LogP contribution in [0, 0.1) is 0 Å². The van der Waals surface area contributed by atoms with Crippen molar-refractivity contribution in [2.75, 3.05) is 0 Å². The molecule has 0 amide bonds. The Kier molecular flexibility index (Phi) is 7.83. The highest BCUT2D eigenvalue weighted by atomic mass is 16.5. The Morgan fingerprint density at radius 3 is 1.58 bits per heavy atom. The quantitative estimate of drug-likeness (QED) is 0.0765. The molecule has 0 saturated heterocycles. The Hall–Kier alpha value is -7.14. The predicted molar refractivity (Wildman–Crippen MR) is 193 cm³/mol. The number of phenolic OH excluding ortho intramolecular Hbond substituents is 9. The molecule has 0 aromatic heterocycles. The summed E-state index contributed by atoms with van der Waals surface area (Å²) in [5.41, 5.74) is 3.66. The van der Waals surface area contributed by atoms with E-state index in [4.69, 9.17) is 9.47 Å². The Morgan fingerprint density at radius 1 is 0.415 bits per heavy atom. The van der Waals surface area contributed by atoms with E-state index in [1.165, 1.54) is 54.6 Å². The Labute approximate surface area is 302 Å². The molecule has 11 nitrogen and oxygen atoms in total. The number of hydrogen-bond acceptors (Lipinski definition) is 11. The molecule has 6 aromatic rings. The first kappa shape index (κ1) is 33.0. The fourth-order valence-corrected chi connectivity index (χ4v) is 7.47. The molecule has 0 bridgehead atoms. The van der Waals surface area contributed by atoms with Crippen LogP contribution in [0.3, 0.4) is 0 Å². The molecule has 0 radical (unpaired) electrons. The summed E-state index contributed by atoms with van der Waals surface area (Å²) in [6.45, 7) is 0. The van der Waals surface area contributed by atoms with Crippen molar-refractivity contribution < 1.29 is 55.4 Å². The van der Waals surface area contributed by atoms with E-state index in [-0.39, 0.29) is 68.6 Å². The van der Waals surface area contributed by atoms with Crippen LogP contribution < -0.4 is 9.47 Å². The van der Waals surface area contributed by atoms with Crippen molar-refractivity contribution in [2.45, 2.75) is 24.0 Å². The molecule has 2 heterocycles. The highest BCUT2D eigenvalue weighted by Gasteiger charge is 2.46. The van der Waals surface area contributed by atoms with Crippen molar-refractivity contribution in [2.24, 2.45) is 0 Å². The summed E-state index contributed by atoms with van der Waals surface area (Å²) in [4.78, 5) is 0. The number of benzene rings is 6. The third-order valence-corrected chi connectivity index (χ3v) is 9.63. The summed E-state index contributed by atoms with van der Waals surface area (Å²) in [6.07, 6.45) is 1.58. The summed E-state index contributed by atoms with van der Waals surface area (Å²) in [7, 11) is 0. The maximum absolute atomic E-state index is 11.5. The summed E-state index contributed by atoms with van der Waals surface area (Å²) in [6, 6.07) is 24.8. The standard InChI is InChI=1S/C42H32O11/c43-24-5-2-20(3-6-24)1-4-21-11-30(49)19-35-36(21)37(22-12-26(45)16-27(46)13-22)41(52-35)32-9-10-33(50)39-38(23-14-28(47)17-29(48)15-23)40(53-42(32)39)31-8-7-25(44)18-34(31)51/h1-19,37-38,40-41,43-51H/b4-1+/t37-,38-,40+,41-/m0/s1. The normalized spacial score (nSPS) is 18.7. The maximum Gasteiger partial charge on any atom is 0.138 e. The van der Waals surface area contributed by atoms with Gasteiger partial charge in [0.1, 0.15) is 75.5 Å². The molecule has 2 aliphatic rings. The Balaban J connectivity index is 1.33. The van der Waals surface area contributed by atoms with Gasteiger partial charge in [0, 0.05) is 46.5 Å². The predicted octanol–water partition coefficient (Wildman–Crippen LogP) is 7.74. The molecule has 9 N–H and O–H groups in total. The fourth-order valence-electron chi connectivity index (χ4n) is 7.47. The van der Waals surface area contributed by atoms with Gasteiger partial charge in [-0.25, -0.2) is 0 Å². The van der Waals surface area contributed by atoms with Crippen LogP contribution in [0.5, 0.6) is 63.2 Å². The van der Waals surface area contributed by atoms with Gasteiger partial charge in [0.2, 0.25) is 0 Å². The van der Waals surface area contributed by atoms with Crippen molar-refractivity contribution in [3.63, 3.8) is 0 Å². The number of hydrogen-bond donors (Lipinski definition) is 9. The molecule has 0 spiro atoms. The molecule has 4 atom stereocenters. The Morgan fingerprint density at radius 2 is 0.962 bits per heavy atom. The van der Waals surface area contributed by atoms with Gasteiger partial charge < -0.3 is 55.4 Å². The van der Waals surface area contributed by atoms with E-state index in [9.17, 15) is 46.0 Å². The minimum Gasteiger partial charge on any atom is -0.508 e. The van der Waals surface area contributed by atoms with Crippen LogP contribution in [-0.4, -0.2) is 46.0 Å². The molecule has 6 aromatic carbocycles. The van der Waals surface area contributed by atoms with Gasteiger partial charge in [0.15, 0.2) is 0 Å². The van der Waals surface area contributed by atoms with E-state index >= 15 is 0 Å². The van der Waals surface area contributed by atoms with Crippen LogP contribution in [-0.2, 0) is 0 Å². The number of aromatic hydroxyl groups is 9. The summed E-state index contributed by atoms with van der Waals surface area (Å²) in [5.74, 6) is -2.73. The lowest BCUT2D eigenvalue weighted by molar-refractivity contribution is 0.191. The zero-order valence-corrected chi connectivity index (χ0v) is 27.6. The van der Waals surface area contributed by atoms with Crippen molar-refractivity contribution in [1.29, 1.82) is 0 Å². The topological polar surface area (TPSA) is 201 Å². The monoisotopic (exact) mass is 712 g/mol. The molecule has 266 valence electrons. The molecule has 2 aliphatic heterocycles. The van der Waals surface area contributed by atoms with Gasteiger partial charge in [-0.1, -0.05) is 24.3 Å². The molecular weight excluding hydrogens is 680 g/mol. The van der Waals surface area contributed by atoms with Gasteiger partial charge in [-0.15, -0.1) is 0 Å². The van der Waals surface area contributed by atoms with E-state index < -0.39 is 24.0 Å². The molecule has 0 aliphatic carbocycles. The number of rotatable bonds is 6. The third-order valence-electron chi connectivity index (χ3n) is 9.63. The minimum atomic E-state index is -1.04. The average molecular weight is 713 g/mol. The Bertz CT molecular complexity index is 2400. The van der Waals surface area contributed by atoms with Crippen molar-refractivity contribution in [3.8, 4) is 63.2 Å². The van der Waals surface area contributed by atoms with Crippen LogP contribution in [0.25, 0.3) is 12.2 Å². The van der Waals surface area contributed by atoms with Gasteiger partial charge in [0.25, 0.3) is 0 Å². The molecule has 11 heteroatoms. The van der Waals surface area contributed by atoms with Gasteiger partial charge in [-0.2, -0.15) is 0 Å². The van der Waals surface area contributed by atoms with Gasteiger partial charge in [0.05, 0.1) is 11.8 Å². The maximum atomic E-state index is 11.5. The van der Waals surface area contributed by atoms with Crippen molar-refractivity contribution in [3.05, 3.63) is 148 Å². The van der Waals surface area contributed by atoms with E-state index in [0.29, 0.717) is 33.6 Å². The van der Waals surface area contributed by atoms with E-state index in [0.717, 1.165) is 17.7 Å². The van der Waals surface area contributed by atoms with E-state index in [1.807, 2.05) is 0 Å². The molecule has 0 saturated carbocycles. The first-order valence-electron chi connectivity index (χ1n) is 16.5. The summed E-state index contributed by atoms with van der Waals surface area (Å²) >= 11 is 0. The molecule has 53 heavy (non-hydrogen) atoms. The van der Waals surface area contributed by atoms with E-state index in [1.54, 1.807) is 48.6 Å². The SMILES string of the molecule is Oc1ccc(/C=C/c2cc(O)cc3c2[C@H](c2cc(O)cc(O)c2)[C@H](c2ccc(O)c4c2O[C@H](c2ccc(O)cc2O)[C@H]4c2cc(O)cc(O)c2)O3)cc1. The first-order valence-corrected chi connectivity index (χ1v) is 16.5. The van der Waals surface area contributed by atoms with Crippen molar-refractivity contribution >= 4 is 12.2 Å². The lowest BCUT2D eigenvalue weighted by Gasteiger charge is -2.23. The van der Waals surface area contributed by atoms with Crippen LogP contribution in [0.4, 0.5) is 0 Å². The summed E-state index contributed by atoms with van der Waals surface area (Å²) < 4.78 is 13.3. The number of phenols is 9. The molecular formula is C42H32O11. The zero-order chi connectivity index (χ0) is 37.1. The lowest BCUT2D eigenvalue weighted by atomic mass is 9.80. The zero-order valence-electron chi connectivity index (χ0n) is 27.6. The first-order chi connectivity index (χ1) is 25.4. The van der Waals surface area contributed by atoms with Gasteiger partial charge >= 0.3 is 0 Å². The van der Waals surface area contributed by atoms with Crippen molar-refractivity contribution in [1.82, 2.24) is 0 Å². The van der Waals surface area contributed by atoms with Crippen LogP contribution in [0.15, 0.2) is 103 Å². The van der Waals surface area contributed by atoms with Crippen LogP contribution in [0.2, 0.25) is 0 Å². The largest absolute Gasteiger partial charge is 0.508 e.